The molecule has 1 amide bonds. The van der Waals surface area contributed by atoms with Gasteiger partial charge in [0.25, 0.3) is 0 Å². The molecule has 1 aliphatic heterocycles. The summed E-state index contributed by atoms with van der Waals surface area (Å²) in [5.74, 6) is 0.252. The molecule has 3 rings (SSSR count). The molecule has 1 heterocycles. The van der Waals surface area contributed by atoms with Crippen molar-refractivity contribution in [3.63, 3.8) is 0 Å². The lowest BCUT2D eigenvalue weighted by Crippen LogP contribution is -2.47. The molecule has 1 aromatic carbocycles. The fourth-order valence-corrected chi connectivity index (χ4v) is 4.49. The largest absolute Gasteiger partial charge is 0.355 e. The van der Waals surface area contributed by atoms with Crippen LogP contribution in [0.2, 0.25) is 0 Å². The molecule has 1 saturated carbocycles. The van der Waals surface area contributed by atoms with Crippen molar-refractivity contribution in [2.75, 3.05) is 39.3 Å². The Morgan fingerprint density at radius 3 is 2.60 bits per heavy atom. The van der Waals surface area contributed by atoms with Gasteiger partial charge in [-0.3, -0.25) is 4.79 Å². The van der Waals surface area contributed by atoms with Crippen molar-refractivity contribution in [1.82, 2.24) is 15.5 Å². The van der Waals surface area contributed by atoms with Gasteiger partial charge in [-0.15, -0.1) is 0 Å². The molecule has 0 atom stereocenters. The zero-order chi connectivity index (χ0) is 17.5. The summed E-state index contributed by atoms with van der Waals surface area (Å²) < 4.78 is 0. The van der Waals surface area contributed by atoms with Crippen molar-refractivity contribution >= 4 is 5.91 Å². The zero-order valence-corrected chi connectivity index (χ0v) is 15.7. The Hall–Kier alpha value is -1.39. The van der Waals surface area contributed by atoms with Crippen LogP contribution in [0.1, 0.15) is 49.7 Å². The smallest absolute Gasteiger partial charge is 0.230 e. The summed E-state index contributed by atoms with van der Waals surface area (Å²) in [6, 6.07) is 8.46. The van der Waals surface area contributed by atoms with Gasteiger partial charge in [0.1, 0.15) is 0 Å². The number of carbonyl (C=O) groups excluding carboxylic acids is 1. The van der Waals surface area contributed by atoms with Gasteiger partial charge in [-0.05, 0) is 43.9 Å². The van der Waals surface area contributed by atoms with Gasteiger partial charge in [0.15, 0.2) is 0 Å². The second kappa shape index (κ2) is 8.81. The van der Waals surface area contributed by atoms with Crippen LogP contribution in [-0.2, 0) is 10.2 Å². The Morgan fingerprint density at radius 2 is 1.88 bits per heavy atom. The van der Waals surface area contributed by atoms with Crippen molar-refractivity contribution in [2.45, 2.75) is 50.9 Å². The second-order valence-corrected chi connectivity index (χ2v) is 7.66. The van der Waals surface area contributed by atoms with Crippen LogP contribution in [0.15, 0.2) is 24.3 Å². The van der Waals surface area contributed by atoms with E-state index in [1.54, 1.807) is 0 Å². The first-order valence-electron chi connectivity index (χ1n) is 10.00. The SMILES string of the molecule is Cc1ccccc1C1(C(=O)NCCCN2CCNCC2)CCCCC1. The number of carbonyl (C=O) groups is 1. The quantitative estimate of drug-likeness (QED) is 0.781. The maximum Gasteiger partial charge on any atom is 0.230 e. The summed E-state index contributed by atoms with van der Waals surface area (Å²) >= 11 is 0. The molecule has 0 aromatic heterocycles. The lowest BCUT2D eigenvalue weighted by Gasteiger charge is -2.37. The van der Waals surface area contributed by atoms with E-state index < -0.39 is 0 Å². The van der Waals surface area contributed by atoms with E-state index in [9.17, 15) is 4.79 Å². The van der Waals surface area contributed by atoms with E-state index in [0.29, 0.717) is 0 Å². The zero-order valence-electron chi connectivity index (χ0n) is 15.7. The maximum atomic E-state index is 13.2. The third-order valence-corrected chi connectivity index (χ3v) is 5.95. The number of amides is 1. The van der Waals surface area contributed by atoms with Gasteiger partial charge in [0.05, 0.1) is 5.41 Å². The predicted molar refractivity (Wildman–Crippen MR) is 103 cm³/mol. The summed E-state index contributed by atoms with van der Waals surface area (Å²) in [7, 11) is 0. The topological polar surface area (TPSA) is 44.4 Å². The summed E-state index contributed by atoms with van der Waals surface area (Å²) in [4.78, 5) is 15.7. The van der Waals surface area contributed by atoms with Gasteiger partial charge in [0.2, 0.25) is 5.91 Å². The van der Waals surface area contributed by atoms with E-state index in [4.69, 9.17) is 0 Å². The third-order valence-electron chi connectivity index (χ3n) is 5.95. The van der Waals surface area contributed by atoms with Crippen LogP contribution in [-0.4, -0.2) is 50.1 Å². The van der Waals surface area contributed by atoms with E-state index in [2.05, 4.69) is 46.7 Å². The highest BCUT2D eigenvalue weighted by Crippen LogP contribution is 2.41. The summed E-state index contributed by atoms with van der Waals surface area (Å²) in [5.41, 5.74) is 2.19. The van der Waals surface area contributed by atoms with Crippen LogP contribution < -0.4 is 10.6 Å². The standard InChI is InChI=1S/C21H33N3O/c1-18-8-3-4-9-19(18)21(10-5-2-6-11-21)20(25)23-12-7-15-24-16-13-22-14-17-24/h3-4,8-9,22H,2,5-7,10-17H2,1H3,(H,23,25). The number of aryl methyl sites for hydroxylation is 1. The summed E-state index contributed by atoms with van der Waals surface area (Å²) in [5, 5.41) is 6.66. The average molecular weight is 344 g/mol. The van der Waals surface area contributed by atoms with Crippen LogP contribution in [0, 0.1) is 6.92 Å². The van der Waals surface area contributed by atoms with Gasteiger partial charge < -0.3 is 15.5 Å². The first-order chi connectivity index (χ1) is 12.2. The molecule has 2 aliphatic rings. The Kier molecular flexibility index (Phi) is 6.49. The second-order valence-electron chi connectivity index (χ2n) is 7.66. The molecule has 0 bridgehead atoms. The third kappa shape index (κ3) is 4.42. The molecule has 1 aliphatic carbocycles. The molecule has 138 valence electrons. The molecule has 0 unspecified atom stereocenters. The molecular weight excluding hydrogens is 310 g/mol. The lowest BCUT2D eigenvalue weighted by molar-refractivity contribution is -0.128. The van der Waals surface area contributed by atoms with E-state index in [1.165, 1.54) is 17.5 Å². The Balaban J connectivity index is 1.59. The first-order valence-corrected chi connectivity index (χ1v) is 10.00. The fourth-order valence-electron chi connectivity index (χ4n) is 4.49. The molecule has 4 nitrogen and oxygen atoms in total. The summed E-state index contributed by atoms with van der Waals surface area (Å²) in [6.45, 7) is 8.44. The highest BCUT2D eigenvalue weighted by molar-refractivity contribution is 5.88. The van der Waals surface area contributed by atoms with Crippen LogP contribution >= 0.6 is 0 Å². The number of nitrogens with one attached hydrogen (secondary N) is 2. The monoisotopic (exact) mass is 343 g/mol. The molecule has 1 saturated heterocycles. The van der Waals surface area contributed by atoms with Crippen molar-refractivity contribution in [3.8, 4) is 0 Å². The molecule has 25 heavy (non-hydrogen) atoms. The number of nitrogens with zero attached hydrogens (tertiary/aromatic N) is 1. The molecule has 0 spiro atoms. The predicted octanol–water partition coefficient (Wildman–Crippen LogP) is 2.61. The Morgan fingerprint density at radius 1 is 1.16 bits per heavy atom. The highest BCUT2D eigenvalue weighted by atomic mass is 16.2. The van der Waals surface area contributed by atoms with Crippen LogP contribution in [0.5, 0.6) is 0 Å². The maximum absolute atomic E-state index is 13.2. The van der Waals surface area contributed by atoms with Gasteiger partial charge in [-0.2, -0.15) is 0 Å². The van der Waals surface area contributed by atoms with Crippen molar-refractivity contribution < 1.29 is 4.79 Å². The lowest BCUT2D eigenvalue weighted by atomic mass is 9.67. The van der Waals surface area contributed by atoms with Crippen LogP contribution in [0.25, 0.3) is 0 Å². The van der Waals surface area contributed by atoms with E-state index in [0.717, 1.165) is 71.4 Å². The minimum Gasteiger partial charge on any atom is -0.355 e. The molecule has 1 aromatic rings. The minimum absolute atomic E-state index is 0.252. The van der Waals surface area contributed by atoms with E-state index in [1.807, 2.05) is 0 Å². The van der Waals surface area contributed by atoms with E-state index >= 15 is 0 Å². The van der Waals surface area contributed by atoms with Crippen molar-refractivity contribution in [2.24, 2.45) is 0 Å². The fraction of sp³-hybridized carbons (Fsp3) is 0.667. The number of benzene rings is 1. The van der Waals surface area contributed by atoms with E-state index in [-0.39, 0.29) is 11.3 Å². The molecule has 4 heteroatoms. The molecule has 2 N–H and O–H groups in total. The number of piperazine rings is 1. The van der Waals surface area contributed by atoms with Gasteiger partial charge in [-0.1, -0.05) is 43.5 Å². The Labute approximate surface area is 152 Å². The molecular formula is C21H33N3O. The minimum atomic E-state index is -0.307. The van der Waals surface area contributed by atoms with Gasteiger partial charge >= 0.3 is 0 Å². The van der Waals surface area contributed by atoms with Crippen LogP contribution in [0.3, 0.4) is 0 Å². The number of hydrogen-bond acceptors (Lipinski definition) is 3. The average Bonchev–Trinajstić information content (AvgIpc) is 2.67. The van der Waals surface area contributed by atoms with Crippen LogP contribution in [0.4, 0.5) is 0 Å². The number of rotatable bonds is 6. The van der Waals surface area contributed by atoms with Gasteiger partial charge in [-0.25, -0.2) is 0 Å². The van der Waals surface area contributed by atoms with Crippen molar-refractivity contribution in [1.29, 1.82) is 0 Å². The molecule has 0 radical (unpaired) electrons. The van der Waals surface area contributed by atoms with Crippen molar-refractivity contribution in [3.05, 3.63) is 35.4 Å². The highest BCUT2D eigenvalue weighted by Gasteiger charge is 2.41. The summed E-state index contributed by atoms with van der Waals surface area (Å²) in [6.07, 6.45) is 6.58. The number of hydrogen-bond donors (Lipinski definition) is 2. The van der Waals surface area contributed by atoms with Gasteiger partial charge in [0, 0.05) is 32.7 Å². The Bertz CT molecular complexity index is 560. The molecule has 2 fully saturated rings. The first kappa shape index (κ1) is 18.4. The normalized spacial score (nSPS) is 21.0.